The maximum absolute atomic E-state index is 15.4. The van der Waals surface area contributed by atoms with Gasteiger partial charge in [-0.1, -0.05) is 18.2 Å². The number of nitrogens with two attached hydrogens (primary N) is 1. The SMILES string of the molecule is Cc1cc(N)nc(C)c1CNC(=O)c1cc(F)c2c(c1)c1oc2c2c(C)cc(-c3ccc(F)cc3)cc12. The first kappa shape index (κ1) is 22.9. The van der Waals surface area contributed by atoms with Gasteiger partial charge in [-0.15, -0.1) is 0 Å². The summed E-state index contributed by atoms with van der Waals surface area (Å²) in [7, 11) is 0. The summed E-state index contributed by atoms with van der Waals surface area (Å²) >= 11 is 0. The molecule has 3 heterocycles. The molecule has 0 fully saturated rings. The van der Waals surface area contributed by atoms with Crippen LogP contribution in [-0.4, -0.2) is 10.9 Å². The van der Waals surface area contributed by atoms with E-state index in [-0.39, 0.29) is 17.9 Å². The van der Waals surface area contributed by atoms with Gasteiger partial charge in [0.15, 0.2) is 0 Å². The van der Waals surface area contributed by atoms with E-state index in [2.05, 4.69) is 10.3 Å². The van der Waals surface area contributed by atoms with E-state index >= 15 is 4.39 Å². The summed E-state index contributed by atoms with van der Waals surface area (Å²) < 4.78 is 34.9. The Morgan fingerprint density at radius 1 is 0.892 bits per heavy atom. The van der Waals surface area contributed by atoms with Crippen molar-refractivity contribution < 1.29 is 18.0 Å². The second-order valence-corrected chi connectivity index (χ2v) is 9.47. The number of nitrogens with zero attached hydrogens (tertiary/aromatic N) is 1. The van der Waals surface area contributed by atoms with Gasteiger partial charge in [-0.2, -0.15) is 0 Å². The van der Waals surface area contributed by atoms with Gasteiger partial charge in [-0.05, 0) is 85.0 Å². The van der Waals surface area contributed by atoms with Gasteiger partial charge < -0.3 is 15.5 Å². The number of hydrogen-bond donors (Lipinski definition) is 2. The van der Waals surface area contributed by atoms with Crippen molar-refractivity contribution in [1.29, 1.82) is 0 Å². The van der Waals surface area contributed by atoms with Crippen molar-refractivity contribution in [3.63, 3.8) is 0 Å². The minimum Gasteiger partial charge on any atom is -0.455 e. The molecule has 0 radical (unpaired) electrons. The molecule has 2 bridgehead atoms. The number of aromatic nitrogens is 1. The van der Waals surface area contributed by atoms with Gasteiger partial charge in [-0.25, -0.2) is 13.8 Å². The van der Waals surface area contributed by atoms with Gasteiger partial charge in [0.2, 0.25) is 0 Å². The van der Waals surface area contributed by atoms with Crippen molar-refractivity contribution in [3.05, 3.63) is 94.2 Å². The molecular weight excluding hydrogens is 472 g/mol. The molecule has 5 nitrogen and oxygen atoms in total. The van der Waals surface area contributed by atoms with Gasteiger partial charge >= 0.3 is 0 Å². The number of nitrogen functional groups attached to an aromatic ring is 1. The number of halogens is 2. The van der Waals surface area contributed by atoms with E-state index in [1.165, 1.54) is 18.2 Å². The first-order valence-electron chi connectivity index (χ1n) is 11.9. The number of carbonyl (C=O) groups excluding carboxylic acids is 1. The van der Waals surface area contributed by atoms with Gasteiger partial charge in [-0.3, -0.25) is 4.79 Å². The topological polar surface area (TPSA) is 81.1 Å². The maximum Gasteiger partial charge on any atom is 0.251 e. The highest BCUT2D eigenvalue weighted by molar-refractivity contribution is 6.27. The van der Waals surface area contributed by atoms with Crippen molar-refractivity contribution >= 4 is 44.4 Å². The largest absolute Gasteiger partial charge is 0.455 e. The number of aryl methyl sites for hydroxylation is 3. The zero-order chi connectivity index (χ0) is 26.0. The van der Waals surface area contributed by atoms with E-state index in [4.69, 9.17) is 10.2 Å². The number of benzene rings is 4. The number of furan rings is 2. The Morgan fingerprint density at radius 3 is 2.35 bits per heavy atom. The fraction of sp³-hybridized carbons (Fsp3) is 0.133. The molecular formula is C30H23F2N3O2. The number of fused-ring (bicyclic) bond motifs is 8. The van der Waals surface area contributed by atoms with E-state index in [9.17, 15) is 9.18 Å². The fourth-order valence-corrected chi connectivity index (χ4v) is 5.23. The molecule has 0 aliphatic carbocycles. The molecule has 0 saturated heterocycles. The lowest BCUT2D eigenvalue weighted by molar-refractivity contribution is 0.0950. The van der Waals surface area contributed by atoms with E-state index in [1.807, 2.05) is 32.9 Å². The van der Waals surface area contributed by atoms with Crippen LogP contribution in [0, 0.1) is 32.4 Å². The van der Waals surface area contributed by atoms with Crippen LogP contribution in [0.15, 0.2) is 59.0 Å². The van der Waals surface area contributed by atoms with Crippen LogP contribution < -0.4 is 11.1 Å². The predicted octanol–water partition coefficient (Wildman–Crippen LogP) is 6.95. The number of anilines is 1. The highest BCUT2D eigenvalue weighted by atomic mass is 19.1. The number of hydrogen-bond acceptors (Lipinski definition) is 4. The Kier molecular flexibility index (Phi) is 5.12. The Morgan fingerprint density at radius 2 is 1.62 bits per heavy atom. The number of carbonyl (C=O) groups is 1. The van der Waals surface area contributed by atoms with E-state index in [0.29, 0.717) is 27.8 Å². The lowest BCUT2D eigenvalue weighted by atomic mass is 9.94. The van der Waals surface area contributed by atoms with Crippen molar-refractivity contribution in [2.75, 3.05) is 5.73 Å². The molecule has 0 aliphatic rings. The second-order valence-electron chi connectivity index (χ2n) is 9.47. The molecule has 0 unspecified atom stereocenters. The first-order chi connectivity index (χ1) is 17.7. The second kappa shape index (κ2) is 8.27. The third-order valence-electron chi connectivity index (χ3n) is 7.01. The molecule has 37 heavy (non-hydrogen) atoms. The molecule has 3 aromatic carbocycles. The summed E-state index contributed by atoms with van der Waals surface area (Å²) in [6.07, 6.45) is 0. The molecule has 3 N–H and O–H groups in total. The number of rotatable bonds is 4. The zero-order valence-electron chi connectivity index (χ0n) is 20.5. The maximum atomic E-state index is 15.4. The van der Waals surface area contributed by atoms with Crippen molar-refractivity contribution in [1.82, 2.24) is 10.3 Å². The van der Waals surface area contributed by atoms with Crippen LogP contribution >= 0.6 is 0 Å². The van der Waals surface area contributed by atoms with Crippen LogP contribution in [0.2, 0.25) is 0 Å². The molecule has 7 heteroatoms. The highest BCUT2D eigenvalue weighted by Crippen LogP contribution is 2.44. The van der Waals surface area contributed by atoms with Gasteiger partial charge in [0.05, 0.1) is 5.39 Å². The molecule has 0 saturated carbocycles. The van der Waals surface area contributed by atoms with E-state index in [0.717, 1.165) is 44.3 Å². The monoisotopic (exact) mass is 495 g/mol. The zero-order valence-corrected chi connectivity index (χ0v) is 20.5. The third kappa shape index (κ3) is 3.66. The summed E-state index contributed by atoms with van der Waals surface area (Å²) in [5.74, 6) is -0.792. The average Bonchev–Trinajstić information content (AvgIpc) is 3.41. The smallest absolute Gasteiger partial charge is 0.251 e. The first-order valence-corrected chi connectivity index (χ1v) is 11.9. The predicted molar refractivity (Wildman–Crippen MR) is 142 cm³/mol. The molecule has 0 aliphatic heterocycles. The number of pyridine rings is 1. The van der Waals surface area contributed by atoms with Gasteiger partial charge in [0, 0.05) is 34.0 Å². The van der Waals surface area contributed by atoms with Gasteiger partial charge in [0.1, 0.15) is 28.6 Å². The summed E-state index contributed by atoms with van der Waals surface area (Å²) in [6.45, 7) is 5.93. The van der Waals surface area contributed by atoms with Crippen LogP contribution in [0.4, 0.5) is 14.6 Å². The Bertz CT molecular complexity index is 1830. The molecule has 0 atom stereocenters. The molecule has 184 valence electrons. The van der Waals surface area contributed by atoms with Crippen molar-refractivity contribution in [2.45, 2.75) is 27.3 Å². The van der Waals surface area contributed by atoms with Crippen LogP contribution in [0.25, 0.3) is 43.8 Å². The summed E-state index contributed by atoms with van der Waals surface area (Å²) in [4.78, 5) is 17.3. The third-order valence-corrected chi connectivity index (χ3v) is 7.01. The van der Waals surface area contributed by atoms with Crippen molar-refractivity contribution in [2.24, 2.45) is 0 Å². The average molecular weight is 496 g/mol. The fourth-order valence-electron chi connectivity index (χ4n) is 5.23. The van der Waals surface area contributed by atoms with Crippen LogP contribution in [0.1, 0.15) is 32.7 Å². The normalized spacial score (nSPS) is 11.7. The molecule has 3 aromatic heterocycles. The number of nitrogens with one attached hydrogen (secondary N) is 1. The van der Waals surface area contributed by atoms with E-state index in [1.54, 1.807) is 24.3 Å². The Labute approximate surface area is 211 Å². The number of amides is 1. The molecule has 6 aromatic rings. The minimum absolute atomic E-state index is 0.201. The van der Waals surface area contributed by atoms with Crippen molar-refractivity contribution in [3.8, 4) is 11.1 Å². The Hall–Kier alpha value is -4.52. The molecule has 6 rings (SSSR count). The van der Waals surface area contributed by atoms with Crippen LogP contribution in [-0.2, 0) is 6.54 Å². The van der Waals surface area contributed by atoms with E-state index < -0.39 is 11.7 Å². The minimum atomic E-state index is -0.512. The molecule has 0 spiro atoms. The van der Waals surface area contributed by atoms with Gasteiger partial charge in [0.25, 0.3) is 5.91 Å². The highest BCUT2D eigenvalue weighted by Gasteiger charge is 2.24. The summed E-state index contributed by atoms with van der Waals surface area (Å²) in [5.41, 5.74) is 12.2. The molecule has 1 amide bonds. The van der Waals surface area contributed by atoms with Crippen LogP contribution in [0.3, 0.4) is 0 Å². The summed E-state index contributed by atoms with van der Waals surface area (Å²) in [6, 6.07) is 14.9. The Balaban J connectivity index is 1.41. The lowest BCUT2D eigenvalue weighted by Gasteiger charge is -2.12. The summed E-state index contributed by atoms with van der Waals surface area (Å²) in [5, 5.41) is 5.45. The quantitative estimate of drug-likeness (QED) is 0.259. The van der Waals surface area contributed by atoms with Crippen LogP contribution in [0.5, 0.6) is 0 Å². The lowest BCUT2D eigenvalue weighted by Crippen LogP contribution is -2.24. The standard InChI is InChI=1S/C30H23F2N3O2/c1-14-9-25(33)35-16(3)23(14)13-34-30(36)19-11-22-27(24(32)12-19)29-26-15(2)8-18(10-21(26)28(22)37-29)17-4-6-20(31)7-5-17/h4-12H,13H2,1-3H3,(H2,33,35)(H,34,36).